The lowest BCUT2D eigenvalue weighted by atomic mass is 10.1. The van der Waals surface area contributed by atoms with Crippen LogP contribution >= 0.6 is 11.8 Å². The van der Waals surface area contributed by atoms with Crippen molar-refractivity contribution in [2.24, 2.45) is 0 Å². The van der Waals surface area contributed by atoms with Crippen molar-refractivity contribution in [2.45, 2.75) is 13.5 Å². The Labute approximate surface area is 169 Å². The molecule has 2 aliphatic rings. The van der Waals surface area contributed by atoms with E-state index in [1.54, 1.807) is 0 Å². The van der Waals surface area contributed by atoms with Crippen molar-refractivity contribution in [3.63, 3.8) is 0 Å². The van der Waals surface area contributed by atoms with Gasteiger partial charge < -0.3 is 9.64 Å². The Kier molecular flexibility index (Phi) is 5.50. The summed E-state index contributed by atoms with van der Waals surface area (Å²) in [6.45, 7) is 5.60. The monoisotopic (exact) mass is 394 g/mol. The van der Waals surface area contributed by atoms with E-state index in [4.69, 9.17) is 4.74 Å². The van der Waals surface area contributed by atoms with E-state index in [-0.39, 0.29) is 11.1 Å². The predicted octanol–water partition coefficient (Wildman–Crippen LogP) is 4.07. The summed E-state index contributed by atoms with van der Waals surface area (Å²) in [4.78, 5) is 29.2. The fourth-order valence-corrected chi connectivity index (χ4v) is 4.21. The molecule has 4 rings (SSSR count). The second-order valence-corrected chi connectivity index (χ2v) is 7.89. The molecule has 0 N–H and O–H groups in total. The van der Waals surface area contributed by atoms with Crippen LogP contribution in [0.25, 0.3) is 6.08 Å². The summed E-state index contributed by atoms with van der Waals surface area (Å²) < 4.78 is 5.41. The first-order valence-electron chi connectivity index (χ1n) is 9.34. The number of nitrogens with zero attached hydrogens (tertiary/aromatic N) is 2. The van der Waals surface area contributed by atoms with Crippen molar-refractivity contribution in [3.05, 3.63) is 70.1 Å². The Balaban J connectivity index is 1.52. The molecule has 0 saturated carbocycles. The predicted molar refractivity (Wildman–Crippen MR) is 112 cm³/mol. The fraction of sp³-hybridized carbons (Fsp3) is 0.273. The summed E-state index contributed by atoms with van der Waals surface area (Å²) in [5, 5.41) is -0.220. The molecule has 2 fully saturated rings. The molecule has 0 atom stereocenters. The fourth-order valence-electron chi connectivity index (χ4n) is 3.38. The van der Waals surface area contributed by atoms with E-state index < -0.39 is 0 Å². The van der Waals surface area contributed by atoms with Gasteiger partial charge in [0, 0.05) is 18.8 Å². The Bertz CT molecular complexity index is 921. The highest BCUT2D eigenvalue weighted by atomic mass is 32.2. The summed E-state index contributed by atoms with van der Waals surface area (Å²) in [7, 11) is 0. The van der Waals surface area contributed by atoms with Crippen LogP contribution in [-0.2, 0) is 16.1 Å². The highest BCUT2D eigenvalue weighted by Gasteiger charge is 2.35. The number of benzene rings is 2. The minimum atomic E-state index is -0.226. The number of rotatable bonds is 4. The first-order valence-corrected chi connectivity index (χ1v) is 10.2. The van der Waals surface area contributed by atoms with Crippen molar-refractivity contribution in [3.8, 4) is 0 Å². The van der Waals surface area contributed by atoms with Gasteiger partial charge in [-0.2, -0.15) is 0 Å². The van der Waals surface area contributed by atoms with Gasteiger partial charge in [-0.15, -0.1) is 0 Å². The second kappa shape index (κ2) is 8.20. The summed E-state index contributed by atoms with van der Waals surface area (Å²) in [6, 6.07) is 15.8. The van der Waals surface area contributed by atoms with Crippen molar-refractivity contribution in [2.75, 3.05) is 31.2 Å². The van der Waals surface area contributed by atoms with E-state index in [0.29, 0.717) is 11.4 Å². The normalized spacial score (nSPS) is 19.0. The average Bonchev–Trinajstić information content (AvgIpc) is 2.98. The molecule has 5 nitrogen and oxygen atoms in total. The van der Waals surface area contributed by atoms with Crippen LogP contribution in [0.4, 0.5) is 10.5 Å². The van der Waals surface area contributed by atoms with Crippen LogP contribution in [0.2, 0.25) is 0 Å². The van der Waals surface area contributed by atoms with Crippen LogP contribution in [0.3, 0.4) is 0 Å². The Morgan fingerprint density at radius 2 is 1.82 bits per heavy atom. The van der Waals surface area contributed by atoms with E-state index in [0.717, 1.165) is 60.4 Å². The van der Waals surface area contributed by atoms with Gasteiger partial charge in [0.05, 0.1) is 24.7 Å². The lowest BCUT2D eigenvalue weighted by molar-refractivity contribution is -0.123. The number of imide groups is 1. The van der Waals surface area contributed by atoms with Gasteiger partial charge in [0.25, 0.3) is 11.1 Å². The SMILES string of the molecule is Cc1cc(N2CCOCC2)ccc1/C=C1\SC(=O)N(Cc2ccccc2)C1=O. The molecule has 2 aromatic carbocycles. The molecule has 0 radical (unpaired) electrons. The zero-order valence-electron chi connectivity index (χ0n) is 15.8. The number of carbonyl (C=O) groups is 2. The Hall–Kier alpha value is -2.57. The first kappa shape index (κ1) is 18.8. The number of morpholine rings is 1. The van der Waals surface area contributed by atoms with E-state index in [9.17, 15) is 9.59 Å². The topological polar surface area (TPSA) is 49.9 Å². The lowest BCUT2D eigenvalue weighted by Gasteiger charge is -2.29. The minimum Gasteiger partial charge on any atom is -0.378 e. The number of hydrogen-bond acceptors (Lipinski definition) is 5. The van der Waals surface area contributed by atoms with Crippen molar-refractivity contribution < 1.29 is 14.3 Å². The number of amides is 2. The van der Waals surface area contributed by atoms with Crippen LogP contribution in [0.1, 0.15) is 16.7 Å². The van der Waals surface area contributed by atoms with Gasteiger partial charge in [0.15, 0.2) is 0 Å². The van der Waals surface area contributed by atoms with E-state index in [1.165, 1.54) is 4.90 Å². The molecule has 28 heavy (non-hydrogen) atoms. The number of anilines is 1. The molecule has 0 spiro atoms. The molecule has 2 amide bonds. The Morgan fingerprint density at radius 3 is 2.54 bits per heavy atom. The van der Waals surface area contributed by atoms with Gasteiger partial charge >= 0.3 is 0 Å². The molecular weight excluding hydrogens is 372 g/mol. The van der Waals surface area contributed by atoms with Crippen LogP contribution < -0.4 is 4.90 Å². The van der Waals surface area contributed by atoms with Crippen LogP contribution in [0.5, 0.6) is 0 Å². The summed E-state index contributed by atoms with van der Waals surface area (Å²) in [5.41, 5.74) is 4.15. The third-order valence-corrected chi connectivity index (χ3v) is 5.88. The molecule has 2 aliphatic heterocycles. The number of ether oxygens (including phenoxy) is 1. The van der Waals surface area contributed by atoms with Gasteiger partial charge in [-0.3, -0.25) is 14.5 Å². The molecule has 2 heterocycles. The highest BCUT2D eigenvalue weighted by molar-refractivity contribution is 8.18. The molecule has 2 saturated heterocycles. The molecule has 0 bridgehead atoms. The quantitative estimate of drug-likeness (QED) is 0.732. The zero-order valence-corrected chi connectivity index (χ0v) is 16.6. The first-order chi connectivity index (χ1) is 13.6. The maximum absolute atomic E-state index is 12.7. The largest absolute Gasteiger partial charge is 0.378 e. The Morgan fingerprint density at radius 1 is 1.07 bits per heavy atom. The molecule has 0 unspecified atom stereocenters. The number of hydrogen-bond donors (Lipinski definition) is 0. The van der Waals surface area contributed by atoms with Gasteiger partial charge in [-0.25, -0.2) is 0 Å². The third-order valence-electron chi connectivity index (χ3n) is 4.97. The van der Waals surface area contributed by atoms with Gasteiger partial charge in [0.1, 0.15) is 0 Å². The van der Waals surface area contributed by atoms with Crippen LogP contribution in [0.15, 0.2) is 53.4 Å². The zero-order chi connectivity index (χ0) is 19.5. The third kappa shape index (κ3) is 3.98. The maximum Gasteiger partial charge on any atom is 0.293 e. The minimum absolute atomic E-state index is 0.220. The maximum atomic E-state index is 12.7. The van der Waals surface area contributed by atoms with Gasteiger partial charge in [-0.05, 0) is 53.6 Å². The van der Waals surface area contributed by atoms with Crippen molar-refractivity contribution in [1.29, 1.82) is 0 Å². The van der Waals surface area contributed by atoms with E-state index >= 15 is 0 Å². The lowest BCUT2D eigenvalue weighted by Crippen LogP contribution is -2.36. The van der Waals surface area contributed by atoms with Gasteiger partial charge in [-0.1, -0.05) is 36.4 Å². The van der Waals surface area contributed by atoms with Crippen molar-refractivity contribution in [1.82, 2.24) is 4.90 Å². The molecule has 0 aliphatic carbocycles. The van der Waals surface area contributed by atoms with Crippen molar-refractivity contribution >= 4 is 34.7 Å². The highest BCUT2D eigenvalue weighted by Crippen LogP contribution is 2.34. The van der Waals surface area contributed by atoms with Crippen LogP contribution in [-0.4, -0.2) is 42.3 Å². The molecule has 0 aromatic heterocycles. The molecule has 144 valence electrons. The standard InChI is InChI=1S/C22H22N2O3S/c1-16-13-19(23-9-11-27-12-10-23)8-7-18(16)14-20-21(25)24(22(26)28-20)15-17-5-3-2-4-6-17/h2-8,13-14H,9-12,15H2,1H3/b20-14-. The summed E-state index contributed by atoms with van der Waals surface area (Å²) in [5.74, 6) is -0.226. The number of carbonyl (C=O) groups excluding carboxylic acids is 2. The summed E-state index contributed by atoms with van der Waals surface area (Å²) in [6.07, 6.45) is 1.83. The van der Waals surface area contributed by atoms with Crippen LogP contribution in [0, 0.1) is 6.92 Å². The molecule has 6 heteroatoms. The number of aryl methyl sites for hydroxylation is 1. The smallest absolute Gasteiger partial charge is 0.293 e. The van der Waals surface area contributed by atoms with Gasteiger partial charge in [0.2, 0.25) is 0 Å². The average molecular weight is 394 g/mol. The molecule has 2 aromatic rings. The summed E-state index contributed by atoms with van der Waals surface area (Å²) >= 11 is 1.01. The number of thioether (sulfide) groups is 1. The second-order valence-electron chi connectivity index (χ2n) is 6.89. The molecular formula is C22H22N2O3S. The van der Waals surface area contributed by atoms with E-state index in [2.05, 4.69) is 17.0 Å². The van der Waals surface area contributed by atoms with E-state index in [1.807, 2.05) is 49.4 Å².